The second-order valence-electron chi connectivity index (χ2n) is 11.5. The molecule has 0 unspecified atom stereocenters. The standard InChI is InChI=1S/C28H33F3N6O3/c1-5-28(8-9-28)35-25(38)16-6-11-37-21(14-32-22(37)12-16)23-18(30)13-19(31)24(34-23)33-20-15-36(10-7-17(20)29)26(39)40-27(2,3)4/h6,11-14,17,20H,5,7-10,15H2,1-4H3,(H,33,34)(H,35,38)/t17-,20-/m0/s1. The largest absolute Gasteiger partial charge is 0.444 e. The van der Waals surface area contributed by atoms with E-state index in [9.17, 15) is 22.8 Å². The maximum absolute atomic E-state index is 15.0. The summed E-state index contributed by atoms with van der Waals surface area (Å²) in [6.45, 7) is 7.29. The average Bonchev–Trinajstić information content (AvgIpc) is 3.54. The van der Waals surface area contributed by atoms with E-state index in [1.807, 2.05) is 6.92 Å². The number of piperidine rings is 1. The Labute approximate surface area is 230 Å². The lowest BCUT2D eigenvalue weighted by Gasteiger charge is -2.36. The number of anilines is 1. The first-order valence-electron chi connectivity index (χ1n) is 13.4. The van der Waals surface area contributed by atoms with Crippen molar-refractivity contribution in [3.63, 3.8) is 0 Å². The van der Waals surface area contributed by atoms with Gasteiger partial charge in [-0.3, -0.25) is 9.20 Å². The van der Waals surface area contributed by atoms with Crippen LogP contribution in [0.2, 0.25) is 0 Å². The number of alkyl halides is 1. The molecule has 214 valence electrons. The van der Waals surface area contributed by atoms with E-state index in [1.54, 1.807) is 43.5 Å². The molecule has 1 saturated carbocycles. The first kappa shape index (κ1) is 27.7. The van der Waals surface area contributed by atoms with Gasteiger partial charge >= 0.3 is 6.09 Å². The Hall–Kier alpha value is -3.83. The molecule has 0 aromatic carbocycles. The summed E-state index contributed by atoms with van der Waals surface area (Å²) in [5, 5.41) is 5.78. The van der Waals surface area contributed by atoms with Gasteiger partial charge in [-0.25, -0.2) is 27.9 Å². The van der Waals surface area contributed by atoms with E-state index >= 15 is 0 Å². The lowest BCUT2D eigenvalue weighted by atomic mass is 10.0. The van der Waals surface area contributed by atoms with Crippen molar-refractivity contribution in [2.75, 3.05) is 18.4 Å². The number of ether oxygens (including phenoxy) is 1. The fraction of sp³-hybridized carbons (Fsp3) is 0.500. The van der Waals surface area contributed by atoms with Gasteiger partial charge in [-0.1, -0.05) is 6.92 Å². The van der Waals surface area contributed by atoms with Crippen molar-refractivity contribution in [3.8, 4) is 11.4 Å². The van der Waals surface area contributed by atoms with Crippen LogP contribution in [-0.2, 0) is 4.74 Å². The lowest BCUT2D eigenvalue weighted by molar-refractivity contribution is 0.0150. The molecular formula is C28H33F3N6O3. The zero-order valence-electron chi connectivity index (χ0n) is 22.9. The monoisotopic (exact) mass is 558 g/mol. The highest BCUT2D eigenvalue weighted by Crippen LogP contribution is 2.38. The minimum atomic E-state index is -1.39. The third kappa shape index (κ3) is 5.71. The van der Waals surface area contributed by atoms with E-state index in [0.717, 1.165) is 19.3 Å². The highest BCUT2D eigenvalue weighted by atomic mass is 19.1. The van der Waals surface area contributed by atoms with Crippen LogP contribution in [0.3, 0.4) is 0 Å². The summed E-state index contributed by atoms with van der Waals surface area (Å²) in [6.07, 6.45) is 3.73. The predicted molar refractivity (Wildman–Crippen MR) is 143 cm³/mol. The first-order valence-corrected chi connectivity index (χ1v) is 13.4. The third-order valence-electron chi connectivity index (χ3n) is 7.36. The van der Waals surface area contributed by atoms with Crippen molar-refractivity contribution >= 4 is 23.5 Å². The molecule has 2 amide bonds. The van der Waals surface area contributed by atoms with Gasteiger partial charge in [-0.05, 0) is 58.6 Å². The normalized spacial score (nSPS) is 20.3. The number of rotatable bonds is 6. The molecule has 2 fully saturated rings. The van der Waals surface area contributed by atoms with Crippen molar-refractivity contribution in [2.45, 2.75) is 76.7 Å². The number of fused-ring (bicyclic) bond motifs is 1. The van der Waals surface area contributed by atoms with Crippen LogP contribution in [0.15, 0.2) is 30.6 Å². The zero-order chi connectivity index (χ0) is 28.8. The molecule has 12 heteroatoms. The zero-order valence-corrected chi connectivity index (χ0v) is 22.9. The van der Waals surface area contributed by atoms with E-state index in [-0.39, 0.29) is 48.2 Å². The highest BCUT2D eigenvalue weighted by molar-refractivity contribution is 5.95. The first-order chi connectivity index (χ1) is 18.9. The lowest BCUT2D eigenvalue weighted by Crippen LogP contribution is -2.52. The van der Waals surface area contributed by atoms with Crippen LogP contribution >= 0.6 is 0 Å². The number of carbonyl (C=O) groups excluding carboxylic acids is 2. The van der Waals surface area contributed by atoms with Gasteiger partial charge < -0.3 is 20.3 Å². The summed E-state index contributed by atoms with van der Waals surface area (Å²) >= 11 is 0. The molecule has 1 aliphatic carbocycles. The molecule has 5 rings (SSSR count). The molecule has 9 nitrogen and oxygen atoms in total. The minimum absolute atomic E-state index is 0.0229. The summed E-state index contributed by atoms with van der Waals surface area (Å²) in [4.78, 5) is 35.0. The summed E-state index contributed by atoms with van der Waals surface area (Å²) < 4.78 is 51.5. The predicted octanol–water partition coefficient (Wildman–Crippen LogP) is 5.11. The fourth-order valence-electron chi connectivity index (χ4n) is 4.80. The minimum Gasteiger partial charge on any atom is -0.444 e. The molecule has 0 spiro atoms. The summed E-state index contributed by atoms with van der Waals surface area (Å²) in [6, 6.07) is 2.88. The second-order valence-corrected chi connectivity index (χ2v) is 11.5. The van der Waals surface area contributed by atoms with E-state index < -0.39 is 35.5 Å². The van der Waals surface area contributed by atoms with Gasteiger partial charge in [0.1, 0.15) is 23.1 Å². The number of carbonyl (C=O) groups is 2. The van der Waals surface area contributed by atoms with Gasteiger partial charge in [0, 0.05) is 36.5 Å². The van der Waals surface area contributed by atoms with Crippen molar-refractivity contribution < 1.29 is 27.5 Å². The molecule has 1 aliphatic heterocycles. The number of nitrogens with one attached hydrogen (secondary N) is 2. The Morgan fingerprint density at radius 1 is 1.20 bits per heavy atom. The Balaban J connectivity index is 1.38. The van der Waals surface area contributed by atoms with E-state index in [4.69, 9.17) is 4.74 Å². The molecule has 40 heavy (non-hydrogen) atoms. The smallest absolute Gasteiger partial charge is 0.410 e. The SMILES string of the molecule is CCC1(NC(=O)c2ccn3c(-c4nc(N[C@H]5CN(C(=O)OC(C)(C)C)CC[C@@H]5F)c(F)cc4F)cnc3c2)CC1. The quantitative estimate of drug-likeness (QED) is 0.436. The number of nitrogens with zero attached hydrogens (tertiary/aromatic N) is 4. The third-order valence-corrected chi connectivity index (χ3v) is 7.36. The molecule has 1 saturated heterocycles. The van der Waals surface area contributed by atoms with Crippen LogP contribution in [0.5, 0.6) is 0 Å². The maximum Gasteiger partial charge on any atom is 0.410 e. The molecule has 3 aromatic rings. The van der Waals surface area contributed by atoms with E-state index in [1.165, 1.54) is 11.1 Å². The number of amides is 2. The second kappa shape index (κ2) is 10.3. The Kier molecular flexibility index (Phi) is 7.13. The van der Waals surface area contributed by atoms with E-state index in [0.29, 0.717) is 17.3 Å². The number of pyridine rings is 2. The van der Waals surface area contributed by atoms with Gasteiger partial charge in [-0.15, -0.1) is 0 Å². The summed E-state index contributed by atoms with van der Waals surface area (Å²) in [5.74, 6) is -2.49. The van der Waals surface area contributed by atoms with Gasteiger partial charge in [0.25, 0.3) is 5.91 Å². The van der Waals surface area contributed by atoms with Crippen LogP contribution < -0.4 is 10.6 Å². The van der Waals surface area contributed by atoms with Gasteiger partial charge in [0.15, 0.2) is 17.5 Å². The van der Waals surface area contributed by atoms with Crippen LogP contribution in [0.1, 0.15) is 63.7 Å². The van der Waals surface area contributed by atoms with Crippen molar-refractivity contribution in [1.29, 1.82) is 0 Å². The number of hydrogen-bond donors (Lipinski definition) is 2. The van der Waals surface area contributed by atoms with E-state index in [2.05, 4.69) is 20.6 Å². The number of imidazole rings is 1. The number of halogens is 3. The van der Waals surface area contributed by atoms with Crippen molar-refractivity contribution in [1.82, 2.24) is 24.6 Å². The van der Waals surface area contributed by atoms with Gasteiger partial charge in [-0.2, -0.15) is 0 Å². The Bertz CT molecular complexity index is 1450. The maximum atomic E-state index is 15.0. The highest BCUT2D eigenvalue weighted by Gasteiger charge is 2.42. The molecule has 2 aliphatic rings. The number of likely N-dealkylation sites (tertiary alicyclic amines) is 1. The van der Waals surface area contributed by atoms with Crippen LogP contribution in [0.25, 0.3) is 17.0 Å². The molecule has 2 N–H and O–H groups in total. The van der Waals surface area contributed by atoms with Gasteiger partial charge in [0.2, 0.25) is 0 Å². The summed E-state index contributed by atoms with van der Waals surface area (Å²) in [7, 11) is 0. The molecule has 4 heterocycles. The van der Waals surface area contributed by atoms with Crippen LogP contribution in [-0.4, -0.2) is 67.7 Å². The average molecular weight is 559 g/mol. The molecule has 0 bridgehead atoms. The molecular weight excluding hydrogens is 525 g/mol. The number of aromatic nitrogens is 3. The van der Waals surface area contributed by atoms with Gasteiger partial charge in [0.05, 0.1) is 17.9 Å². The molecule has 3 aromatic heterocycles. The van der Waals surface area contributed by atoms with Crippen LogP contribution in [0, 0.1) is 11.6 Å². The Morgan fingerprint density at radius 3 is 2.62 bits per heavy atom. The summed E-state index contributed by atoms with van der Waals surface area (Å²) in [5.41, 5.74) is -0.0417. The Morgan fingerprint density at radius 2 is 1.95 bits per heavy atom. The van der Waals surface area contributed by atoms with Crippen molar-refractivity contribution in [2.24, 2.45) is 0 Å². The van der Waals surface area contributed by atoms with Crippen LogP contribution in [0.4, 0.5) is 23.8 Å². The van der Waals surface area contributed by atoms with Crippen molar-refractivity contribution in [3.05, 3.63) is 47.8 Å². The number of hydrogen-bond acceptors (Lipinski definition) is 6. The molecule has 0 radical (unpaired) electrons. The topological polar surface area (TPSA) is 101 Å². The fourth-order valence-corrected chi connectivity index (χ4v) is 4.80. The molecule has 2 atom stereocenters.